The van der Waals surface area contributed by atoms with Crippen molar-refractivity contribution in [3.63, 3.8) is 0 Å². The normalized spacial score (nSPS) is 10.4. The van der Waals surface area contributed by atoms with Gasteiger partial charge in [0.05, 0.1) is 12.7 Å². The maximum absolute atomic E-state index is 11.8. The van der Waals surface area contributed by atoms with Gasteiger partial charge >= 0.3 is 0 Å². The number of aromatic nitrogens is 2. The van der Waals surface area contributed by atoms with Crippen LogP contribution in [0.3, 0.4) is 0 Å². The molecule has 0 bridgehead atoms. The largest absolute Gasteiger partial charge is 0.507 e. The number of aryl methyl sites for hydroxylation is 1. The van der Waals surface area contributed by atoms with Gasteiger partial charge in [-0.2, -0.15) is 5.10 Å². The van der Waals surface area contributed by atoms with Crippen molar-refractivity contribution in [3.05, 3.63) is 41.7 Å². The van der Waals surface area contributed by atoms with Crippen LogP contribution in [0.15, 0.2) is 30.6 Å². The van der Waals surface area contributed by atoms with Crippen LogP contribution in [-0.2, 0) is 6.54 Å². The number of carbonyl (C=O) groups excluding carboxylic acids is 1. The molecule has 6 nitrogen and oxygen atoms in total. The number of carbonyl (C=O) groups is 1. The summed E-state index contributed by atoms with van der Waals surface area (Å²) >= 11 is 0. The molecule has 1 amide bonds. The zero-order valence-electron chi connectivity index (χ0n) is 10.5. The molecule has 0 unspecified atom stereocenters. The van der Waals surface area contributed by atoms with Gasteiger partial charge < -0.3 is 15.5 Å². The molecule has 0 fully saturated rings. The molecule has 0 saturated heterocycles. The highest BCUT2D eigenvalue weighted by Crippen LogP contribution is 2.25. The first-order valence-corrected chi connectivity index (χ1v) is 5.86. The molecule has 19 heavy (non-hydrogen) atoms. The summed E-state index contributed by atoms with van der Waals surface area (Å²) in [6.07, 6.45) is 3.60. The first-order chi connectivity index (χ1) is 9.08. The lowest BCUT2D eigenvalue weighted by Crippen LogP contribution is -2.27. The third-order valence-corrected chi connectivity index (χ3v) is 2.64. The molecule has 1 aromatic carbocycles. The first kappa shape index (κ1) is 12.9. The third kappa shape index (κ3) is 3.04. The molecular weight excluding hydrogens is 246 g/mol. The van der Waals surface area contributed by atoms with Crippen molar-refractivity contribution in [2.24, 2.45) is 0 Å². The average Bonchev–Trinajstić information content (AvgIpc) is 2.75. The van der Waals surface area contributed by atoms with Gasteiger partial charge in [0.15, 0.2) is 0 Å². The van der Waals surface area contributed by atoms with E-state index in [9.17, 15) is 15.0 Å². The van der Waals surface area contributed by atoms with E-state index >= 15 is 0 Å². The molecule has 2 aromatic rings. The van der Waals surface area contributed by atoms with Crippen LogP contribution in [0.25, 0.3) is 0 Å². The molecule has 0 atom stereocenters. The van der Waals surface area contributed by atoms with E-state index in [1.54, 1.807) is 10.9 Å². The van der Waals surface area contributed by atoms with Crippen LogP contribution in [0.1, 0.15) is 15.9 Å². The van der Waals surface area contributed by atoms with Crippen LogP contribution < -0.4 is 5.32 Å². The zero-order valence-corrected chi connectivity index (χ0v) is 10.5. The molecule has 0 spiro atoms. The summed E-state index contributed by atoms with van der Waals surface area (Å²) in [6.45, 7) is 2.81. The van der Waals surface area contributed by atoms with Crippen molar-refractivity contribution in [1.29, 1.82) is 0 Å². The van der Waals surface area contributed by atoms with E-state index in [4.69, 9.17) is 0 Å². The molecule has 0 aliphatic rings. The summed E-state index contributed by atoms with van der Waals surface area (Å²) in [4.78, 5) is 11.8. The highest BCUT2D eigenvalue weighted by molar-refractivity contribution is 5.99. The molecule has 1 heterocycles. The molecule has 100 valence electrons. The van der Waals surface area contributed by atoms with E-state index in [0.29, 0.717) is 13.1 Å². The van der Waals surface area contributed by atoms with E-state index < -0.39 is 5.91 Å². The van der Waals surface area contributed by atoms with Gasteiger partial charge in [0.25, 0.3) is 5.91 Å². The number of nitrogens with one attached hydrogen (secondary N) is 1. The molecule has 0 aliphatic carbocycles. The molecule has 0 radical (unpaired) electrons. The van der Waals surface area contributed by atoms with Gasteiger partial charge in [-0.05, 0) is 24.6 Å². The van der Waals surface area contributed by atoms with Crippen molar-refractivity contribution in [2.45, 2.75) is 13.5 Å². The summed E-state index contributed by atoms with van der Waals surface area (Å²) in [5.41, 5.74) is 0.934. The average molecular weight is 261 g/mol. The molecule has 0 aliphatic heterocycles. The number of rotatable bonds is 4. The summed E-state index contributed by atoms with van der Waals surface area (Å²) < 4.78 is 1.71. The van der Waals surface area contributed by atoms with Crippen molar-refractivity contribution < 1.29 is 15.0 Å². The predicted molar refractivity (Wildman–Crippen MR) is 69.1 cm³/mol. The lowest BCUT2D eigenvalue weighted by molar-refractivity contribution is 0.0946. The van der Waals surface area contributed by atoms with E-state index in [-0.39, 0.29) is 17.1 Å². The Kier molecular flexibility index (Phi) is 3.70. The van der Waals surface area contributed by atoms with Gasteiger partial charge in [-0.15, -0.1) is 0 Å². The second-order valence-electron chi connectivity index (χ2n) is 4.21. The van der Waals surface area contributed by atoms with Gasteiger partial charge in [0.1, 0.15) is 17.1 Å². The Bertz CT molecular complexity index is 572. The summed E-state index contributed by atoms with van der Waals surface area (Å²) in [6, 6.07) is 4.17. The van der Waals surface area contributed by atoms with Crippen LogP contribution >= 0.6 is 0 Å². The van der Waals surface area contributed by atoms with Gasteiger partial charge in [0.2, 0.25) is 0 Å². The monoisotopic (exact) mass is 261 g/mol. The molecular formula is C13H15N3O3. The first-order valence-electron chi connectivity index (χ1n) is 5.86. The minimum Gasteiger partial charge on any atom is -0.507 e. The Morgan fingerprint density at radius 1 is 1.37 bits per heavy atom. The lowest BCUT2D eigenvalue weighted by Gasteiger charge is -2.08. The second kappa shape index (κ2) is 5.43. The number of benzene rings is 1. The number of hydrogen-bond donors (Lipinski definition) is 3. The zero-order chi connectivity index (χ0) is 13.8. The lowest BCUT2D eigenvalue weighted by atomic mass is 10.1. The topological polar surface area (TPSA) is 87.4 Å². The molecule has 1 aromatic heterocycles. The number of hydrogen-bond acceptors (Lipinski definition) is 4. The van der Waals surface area contributed by atoms with Crippen molar-refractivity contribution in [3.8, 4) is 11.5 Å². The predicted octanol–water partition coefficient (Wildman–Crippen LogP) is 1.03. The Hall–Kier alpha value is -2.50. The van der Waals surface area contributed by atoms with Crippen LogP contribution in [0.4, 0.5) is 0 Å². The third-order valence-electron chi connectivity index (χ3n) is 2.64. The van der Waals surface area contributed by atoms with Gasteiger partial charge in [-0.25, -0.2) is 0 Å². The summed E-state index contributed by atoms with van der Waals surface area (Å²) in [7, 11) is 0. The number of amides is 1. The van der Waals surface area contributed by atoms with Crippen LogP contribution in [0.5, 0.6) is 11.5 Å². The fraction of sp³-hybridized carbons (Fsp3) is 0.231. The highest BCUT2D eigenvalue weighted by atomic mass is 16.3. The highest BCUT2D eigenvalue weighted by Gasteiger charge is 2.15. The van der Waals surface area contributed by atoms with E-state index in [0.717, 1.165) is 5.56 Å². The smallest absolute Gasteiger partial charge is 0.258 e. The Balaban J connectivity index is 1.94. The molecule has 0 saturated carbocycles. The van der Waals surface area contributed by atoms with Gasteiger partial charge in [0, 0.05) is 12.7 Å². The molecule has 2 rings (SSSR count). The minimum atomic E-state index is -0.514. The fourth-order valence-electron chi connectivity index (χ4n) is 1.72. The number of nitrogens with zero attached hydrogens (tertiary/aromatic N) is 2. The Morgan fingerprint density at radius 3 is 2.63 bits per heavy atom. The standard InChI is InChI=1S/C13H15N3O3/c1-9-7-15-16(8-9)6-5-14-13(19)12-10(17)3-2-4-11(12)18/h2-4,7-8,17-18H,5-6H2,1H3,(H,14,19). The maximum atomic E-state index is 11.8. The molecule has 6 heteroatoms. The summed E-state index contributed by atoms with van der Waals surface area (Å²) in [5.74, 6) is -1.00. The molecule has 3 N–H and O–H groups in total. The van der Waals surface area contributed by atoms with E-state index in [1.165, 1.54) is 18.2 Å². The van der Waals surface area contributed by atoms with Crippen LogP contribution in [0.2, 0.25) is 0 Å². The van der Waals surface area contributed by atoms with Crippen molar-refractivity contribution >= 4 is 5.91 Å². The van der Waals surface area contributed by atoms with Crippen molar-refractivity contribution in [1.82, 2.24) is 15.1 Å². The number of aromatic hydroxyl groups is 2. The number of phenols is 2. The SMILES string of the molecule is Cc1cnn(CCNC(=O)c2c(O)cccc2O)c1. The van der Waals surface area contributed by atoms with Gasteiger partial charge in [-0.1, -0.05) is 6.07 Å². The Labute approximate surface area is 110 Å². The van der Waals surface area contributed by atoms with Crippen LogP contribution in [-0.4, -0.2) is 32.4 Å². The second-order valence-corrected chi connectivity index (χ2v) is 4.21. The van der Waals surface area contributed by atoms with E-state index in [2.05, 4.69) is 10.4 Å². The number of phenolic OH excluding ortho intramolecular Hbond substituents is 2. The quantitative estimate of drug-likeness (QED) is 0.767. The van der Waals surface area contributed by atoms with Crippen molar-refractivity contribution in [2.75, 3.05) is 6.54 Å². The van der Waals surface area contributed by atoms with Gasteiger partial charge in [-0.3, -0.25) is 9.48 Å². The fourth-order valence-corrected chi connectivity index (χ4v) is 1.72. The maximum Gasteiger partial charge on any atom is 0.258 e. The van der Waals surface area contributed by atoms with E-state index in [1.807, 2.05) is 13.1 Å². The Morgan fingerprint density at radius 2 is 2.05 bits per heavy atom. The summed E-state index contributed by atoms with van der Waals surface area (Å²) in [5, 5.41) is 25.8. The minimum absolute atomic E-state index is 0.112. The van der Waals surface area contributed by atoms with Crippen LogP contribution in [0, 0.1) is 6.92 Å².